The predicted octanol–water partition coefficient (Wildman–Crippen LogP) is 1.50. The Morgan fingerprint density at radius 2 is 2.22 bits per heavy atom. The van der Waals surface area contributed by atoms with Crippen LogP contribution in [0.5, 0.6) is 0 Å². The van der Waals surface area contributed by atoms with Gasteiger partial charge in [-0.3, -0.25) is 0 Å². The first-order valence-corrected chi connectivity index (χ1v) is 4.52. The van der Waals surface area contributed by atoms with Crippen LogP contribution in [0.2, 0.25) is 0 Å². The van der Waals surface area contributed by atoms with Gasteiger partial charge in [-0.05, 0) is 12.2 Å². The number of hydroxylamine groups is 1. The molecule has 0 unspecified atom stereocenters. The van der Waals surface area contributed by atoms with E-state index in [1.807, 2.05) is 11.8 Å². The van der Waals surface area contributed by atoms with Gasteiger partial charge in [-0.25, -0.2) is 5.48 Å². The topological polar surface area (TPSA) is 32.3 Å². The third-order valence-electron chi connectivity index (χ3n) is 1.00. The molecule has 0 aliphatic rings. The van der Waals surface area contributed by atoms with Crippen molar-refractivity contribution in [2.24, 2.45) is 0 Å². The van der Waals surface area contributed by atoms with Crippen LogP contribution in [-0.4, -0.2) is 23.3 Å². The lowest BCUT2D eigenvalue weighted by molar-refractivity contribution is 0.174. The zero-order valence-electron chi connectivity index (χ0n) is 5.89. The van der Waals surface area contributed by atoms with E-state index in [4.69, 9.17) is 5.21 Å². The summed E-state index contributed by atoms with van der Waals surface area (Å²) in [7, 11) is 0. The minimum absolute atomic E-state index is 0.703. The van der Waals surface area contributed by atoms with Crippen LogP contribution in [0.1, 0.15) is 19.8 Å². The van der Waals surface area contributed by atoms with Gasteiger partial charge in [0.1, 0.15) is 0 Å². The molecule has 2 N–H and O–H groups in total. The lowest BCUT2D eigenvalue weighted by Gasteiger charge is -1.97. The molecular weight excluding hydrogens is 134 g/mol. The molecule has 0 aliphatic heterocycles. The second-order valence-corrected chi connectivity index (χ2v) is 3.10. The number of unbranched alkanes of at least 4 members (excludes halogenated alkanes) is 1. The molecule has 0 aliphatic carbocycles. The van der Waals surface area contributed by atoms with E-state index in [0.29, 0.717) is 6.54 Å². The van der Waals surface area contributed by atoms with Gasteiger partial charge in [-0.1, -0.05) is 13.3 Å². The highest BCUT2D eigenvalue weighted by atomic mass is 32.2. The van der Waals surface area contributed by atoms with Gasteiger partial charge in [0.25, 0.3) is 0 Å². The molecule has 9 heavy (non-hydrogen) atoms. The van der Waals surface area contributed by atoms with Gasteiger partial charge in [0.05, 0.1) is 0 Å². The molecule has 0 aromatic heterocycles. The predicted molar refractivity (Wildman–Crippen MR) is 42.0 cm³/mol. The van der Waals surface area contributed by atoms with Crippen LogP contribution in [-0.2, 0) is 0 Å². The van der Waals surface area contributed by atoms with Crippen molar-refractivity contribution in [1.82, 2.24) is 5.48 Å². The van der Waals surface area contributed by atoms with Crippen LogP contribution in [0.3, 0.4) is 0 Å². The van der Waals surface area contributed by atoms with Crippen LogP contribution < -0.4 is 5.48 Å². The van der Waals surface area contributed by atoms with Crippen molar-refractivity contribution >= 4 is 11.8 Å². The van der Waals surface area contributed by atoms with Gasteiger partial charge in [-0.15, -0.1) is 0 Å². The third kappa shape index (κ3) is 8.27. The lowest BCUT2D eigenvalue weighted by atomic mass is 10.4. The van der Waals surface area contributed by atoms with Crippen molar-refractivity contribution in [1.29, 1.82) is 0 Å². The van der Waals surface area contributed by atoms with Crippen LogP contribution in [0.15, 0.2) is 0 Å². The Morgan fingerprint density at radius 1 is 1.44 bits per heavy atom. The second-order valence-electron chi connectivity index (χ2n) is 1.87. The van der Waals surface area contributed by atoms with Crippen molar-refractivity contribution in [3.05, 3.63) is 0 Å². The molecule has 0 saturated heterocycles. The van der Waals surface area contributed by atoms with E-state index in [1.165, 1.54) is 18.6 Å². The van der Waals surface area contributed by atoms with E-state index in [-0.39, 0.29) is 0 Å². The lowest BCUT2D eigenvalue weighted by Crippen LogP contribution is -2.10. The zero-order chi connectivity index (χ0) is 6.95. The van der Waals surface area contributed by atoms with E-state index in [0.717, 1.165) is 5.75 Å². The molecule has 0 saturated carbocycles. The highest BCUT2D eigenvalue weighted by Gasteiger charge is 1.85. The monoisotopic (exact) mass is 149 g/mol. The Balaban J connectivity index is 2.60. The number of hydrogen-bond donors (Lipinski definition) is 2. The van der Waals surface area contributed by atoms with Crippen LogP contribution in [0, 0.1) is 0 Å². The molecule has 0 spiro atoms. The Morgan fingerprint density at radius 3 is 2.78 bits per heavy atom. The highest BCUT2D eigenvalue weighted by Crippen LogP contribution is 2.02. The maximum Gasteiger partial charge on any atom is 0.0298 e. The van der Waals surface area contributed by atoms with E-state index >= 15 is 0 Å². The van der Waals surface area contributed by atoms with Crippen molar-refractivity contribution in [2.45, 2.75) is 19.8 Å². The fourth-order valence-corrected chi connectivity index (χ4v) is 1.40. The summed E-state index contributed by atoms with van der Waals surface area (Å²) < 4.78 is 0. The molecule has 0 atom stereocenters. The van der Waals surface area contributed by atoms with Crippen molar-refractivity contribution in [3.63, 3.8) is 0 Å². The molecule has 0 radical (unpaired) electrons. The summed E-state index contributed by atoms with van der Waals surface area (Å²) in [5, 5.41) is 8.16. The number of hydrogen-bond acceptors (Lipinski definition) is 3. The first-order chi connectivity index (χ1) is 4.41. The standard InChI is InChI=1S/C6H15NOS/c1-2-3-5-9-6-4-7-8/h7-8H,2-6H2,1H3. The molecule has 0 rings (SSSR count). The molecule has 3 heteroatoms. The summed E-state index contributed by atoms with van der Waals surface area (Å²) in [6.07, 6.45) is 2.55. The summed E-state index contributed by atoms with van der Waals surface area (Å²) >= 11 is 1.88. The summed E-state index contributed by atoms with van der Waals surface area (Å²) in [5.74, 6) is 2.23. The van der Waals surface area contributed by atoms with Crippen LogP contribution in [0.4, 0.5) is 0 Å². The molecule has 0 aromatic rings. The summed E-state index contributed by atoms with van der Waals surface area (Å²) in [5.41, 5.74) is 2.12. The van der Waals surface area contributed by atoms with E-state index in [9.17, 15) is 0 Å². The minimum Gasteiger partial charge on any atom is -0.317 e. The van der Waals surface area contributed by atoms with Crippen LogP contribution in [0.25, 0.3) is 0 Å². The minimum atomic E-state index is 0.703. The van der Waals surface area contributed by atoms with Crippen molar-refractivity contribution in [2.75, 3.05) is 18.1 Å². The third-order valence-corrected chi connectivity index (χ3v) is 2.07. The largest absolute Gasteiger partial charge is 0.317 e. The Hall–Kier alpha value is 0.270. The van der Waals surface area contributed by atoms with E-state index < -0.39 is 0 Å². The van der Waals surface area contributed by atoms with Crippen molar-refractivity contribution in [3.8, 4) is 0 Å². The quantitative estimate of drug-likeness (QED) is 0.443. The van der Waals surface area contributed by atoms with Gasteiger partial charge in [-0.2, -0.15) is 11.8 Å². The summed E-state index contributed by atoms with van der Waals surface area (Å²) in [4.78, 5) is 0. The maximum atomic E-state index is 8.16. The highest BCUT2D eigenvalue weighted by molar-refractivity contribution is 7.99. The first kappa shape index (κ1) is 9.27. The molecule has 0 aromatic carbocycles. The Kier molecular flexibility index (Phi) is 8.52. The molecule has 2 nitrogen and oxygen atoms in total. The molecule has 0 heterocycles. The zero-order valence-corrected chi connectivity index (χ0v) is 6.71. The summed E-state index contributed by atoms with van der Waals surface area (Å²) in [6, 6.07) is 0. The maximum absolute atomic E-state index is 8.16. The Bertz CT molecular complexity index is 46.3. The normalized spacial score (nSPS) is 10.0. The average molecular weight is 149 g/mol. The van der Waals surface area contributed by atoms with Gasteiger partial charge in [0.15, 0.2) is 0 Å². The Labute approximate surface area is 61.0 Å². The molecule has 0 bridgehead atoms. The number of thioether (sulfide) groups is 1. The SMILES string of the molecule is CCCCSCCNO. The molecule has 56 valence electrons. The van der Waals surface area contributed by atoms with E-state index in [1.54, 1.807) is 0 Å². The number of rotatable bonds is 6. The molecule has 0 amide bonds. The second kappa shape index (κ2) is 8.27. The van der Waals surface area contributed by atoms with Gasteiger partial charge < -0.3 is 5.21 Å². The van der Waals surface area contributed by atoms with Crippen molar-refractivity contribution < 1.29 is 5.21 Å². The summed E-state index contributed by atoms with van der Waals surface area (Å²) in [6.45, 7) is 2.89. The fraction of sp³-hybridized carbons (Fsp3) is 1.00. The number of nitrogens with one attached hydrogen (secondary N) is 1. The molecular formula is C6H15NOS. The van der Waals surface area contributed by atoms with Gasteiger partial charge >= 0.3 is 0 Å². The average Bonchev–Trinajstić information content (AvgIpc) is 1.89. The van der Waals surface area contributed by atoms with Gasteiger partial charge in [0, 0.05) is 12.3 Å². The van der Waals surface area contributed by atoms with Crippen LogP contribution >= 0.6 is 11.8 Å². The first-order valence-electron chi connectivity index (χ1n) is 3.36. The fourth-order valence-electron chi connectivity index (χ4n) is 0.466. The van der Waals surface area contributed by atoms with E-state index in [2.05, 4.69) is 12.4 Å². The van der Waals surface area contributed by atoms with Gasteiger partial charge in [0.2, 0.25) is 0 Å². The smallest absolute Gasteiger partial charge is 0.0298 e. The molecule has 0 fully saturated rings.